The first kappa shape index (κ1) is 10.4. The number of aliphatic hydroxyl groups is 1. The minimum absolute atomic E-state index is 0.200. The van der Waals surface area contributed by atoms with Crippen LogP contribution < -0.4 is 0 Å². The highest BCUT2D eigenvalue weighted by molar-refractivity contribution is 4.88. The molecule has 1 saturated heterocycles. The summed E-state index contributed by atoms with van der Waals surface area (Å²) in [5.74, 6) is -0.685. The molecule has 2 fully saturated rings. The van der Waals surface area contributed by atoms with Crippen molar-refractivity contribution in [2.24, 2.45) is 0 Å². The minimum atomic E-state index is -0.685. The summed E-state index contributed by atoms with van der Waals surface area (Å²) in [6.45, 7) is 4.12. The maximum atomic E-state index is 9.97. The van der Waals surface area contributed by atoms with Crippen LogP contribution in [-0.2, 0) is 9.47 Å². The summed E-state index contributed by atoms with van der Waals surface area (Å²) >= 11 is 0. The zero-order valence-electron chi connectivity index (χ0n) is 9.03. The average molecular weight is 200 g/mol. The molecule has 0 aromatic rings. The summed E-state index contributed by atoms with van der Waals surface area (Å²) in [6, 6.07) is 0. The molecule has 0 radical (unpaired) electrons. The number of hydrogen-bond acceptors (Lipinski definition) is 3. The molecule has 1 unspecified atom stereocenters. The van der Waals surface area contributed by atoms with E-state index in [2.05, 4.69) is 13.8 Å². The summed E-state index contributed by atoms with van der Waals surface area (Å²) in [5.41, 5.74) is 0. The van der Waals surface area contributed by atoms with Gasteiger partial charge in [-0.15, -0.1) is 0 Å². The maximum Gasteiger partial charge on any atom is 0.194 e. The van der Waals surface area contributed by atoms with Crippen molar-refractivity contribution in [3.63, 3.8) is 0 Å². The molecule has 1 saturated carbocycles. The van der Waals surface area contributed by atoms with Crippen molar-refractivity contribution in [3.05, 3.63) is 0 Å². The Balaban J connectivity index is 2.11. The molecule has 2 rings (SSSR count). The van der Waals surface area contributed by atoms with Crippen LogP contribution in [0.3, 0.4) is 0 Å². The molecule has 0 aromatic carbocycles. The number of aliphatic hydroxyl groups excluding tert-OH is 1. The van der Waals surface area contributed by atoms with Gasteiger partial charge in [-0.3, -0.25) is 0 Å². The van der Waals surface area contributed by atoms with E-state index in [1.54, 1.807) is 0 Å². The van der Waals surface area contributed by atoms with Gasteiger partial charge in [0.15, 0.2) is 5.79 Å². The molecule has 1 aliphatic carbocycles. The molecular formula is C11H20O3. The van der Waals surface area contributed by atoms with Crippen LogP contribution in [0.15, 0.2) is 0 Å². The molecule has 82 valence electrons. The zero-order valence-corrected chi connectivity index (χ0v) is 9.03. The van der Waals surface area contributed by atoms with Gasteiger partial charge in [-0.05, 0) is 33.1 Å². The van der Waals surface area contributed by atoms with E-state index in [4.69, 9.17) is 9.47 Å². The third-order valence-electron chi connectivity index (χ3n) is 3.23. The molecule has 1 aliphatic heterocycles. The zero-order chi connectivity index (χ0) is 10.2. The first-order chi connectivity index (χ1) is 6.62. The Labute approximate surface area is 85.4 Å². The number of hydrogen-bond donors (Lipinski definition) is 1. The lowest BCUT2D eigenvalue weighted by atomic mass is 9.89. The first-order valence-corrected chi connectivity index (χ1v) is 5.66. The number of rotatable bonds is 0. The normalized spacial score (nSPS) is 49.5. The lowest BCUT2D eigenvalue weighted by Crippen LogP contribution is -2.56. The van der Waals surface area contributed by atoms with Crippen molar-refractivity contribution >= 4 is 0 Å². The Bertz CT molecular complexity index is 195. The van der Waals surface area contributed by atoms with E-state index in [0.717, 1.165) is 32.1 Å². The van der Waals surface area contributed by atoms with Crippen LogP contribution in [0, 0.1) is 0 Å². The van der Waals surface area contributed by atoms with E-state index in [1.807, 2.05) is 0 Å². The van der Waals surface area contributed by atoms with E-state index in [1.165, 1.54) is 0 Å². The molecule has 2 aliphatic rings. The van der Waals surface area contributed by atoms with Gasteiger partial charge in [-0.2, -0.15) is 0 Å². The fourth-order valence-electron chi connectivity index (χ4n) is 2.64. The monoisotopic (exact) mass is 200 g/mol. The van der Waals surface area contributed by atoms with E-state index in [9.17, 15) is 5.11 Å². The van der Waals surface area contributed by atoms with Gasteiger partial charge in [-0.25, -0.2) is 0 Å². The van der Waals surface area contributed by atoms with Crippen LogP contribution in [0.4, 0.5) is 0 Å². The highest BCUT2D eigenvalue weighted by atomic mass is 16.7. The fraction of sp³-hybridized carbons (Fsp3) is 1.00. The average Bonchev–Trinajstić information content (AvgIpc) is 2.08. The standard InChI is InChI=1S/C11H20O3/c1-8-7-9(2)14-11(13-8)6-4-3-5-10(11)12/h8-10,12H,3-7H2,1-2H3/t8-,9+,10-,11?/m0/s1. The molecule has 0 aromatic heterocycles. The van der Waals surface area contributed by atoms with Gasteiger partial charge in [0.2, 0.25) is 0 Å². The topological polar surface area (TPSA) is 38.7 Å². The molecule has 1 N–H and O–H groups in total. The van der Waals surface area contributed by atoms with E-state index >= 15 is 0 Å². The lowest BCUT2D eigenvalue weighted by Gasteiger charge is -2.47. The van der Waals surface area contributed by atoms with Gasteiger partial charge in [-0.1, -0.05) is 6.42 Å². The third-order valence-corrected chi connectivity index (χ3v) is 3.23. The lowest BCUT2D eigenvalue weighted by molar-refractivity contribution is -0.354. The van der Waals surface area contributed by atoms with Gasteiger partial charge in [0.05, 0.1) is 12.2 Å². The number of ether oxygens (including phenoxy) is 2. The SMILES string of the molecule is C[C@@H]1C[C@H](C)OC2(CCCC[C@@H]2O)O1. The van der Waals surface area contributed by atoms with Crippen LogP contribution in [0.5, 0.6) is 0 Å². The van der Waals surface area contributed by atoms with Gasteiger partial charge in [0.25, 0.3) is 0 Å². The Morgan fingerprint density at radius 2 is 1.79 bits per heavy atom. The van der Waals surface area contributed by atoms with Crippen molar-refractivity contribution in [2.75, 3.05) is 0 Å². The van der Waals surface area contributed by atoms with Crippen molar-refractivity contribution in [2.45, 2.75) is 70.1 Å². The highest BCUT2D eigenvalue weighted by Gasteiger charge is 2.47. The molecule has 14 heavy (non-hydrogen) atoms. The van der Waals surface area contributed by atoms with Gasteiger partial charge in [0.1, 0.15) is 6.10 Å². The Morgan fingerprint density at radius 1 is 1.14 bits per heavy atom. The smallest absolute Gasteiger partial charge is 0.194 e. The van der Waals surface area contributed by atoms with Crippen molar-refractivity contribution in [1.29, 1.82) is 0 Å². The molecule has 3 heteroatoms. The van der Waals surface area contributed by atoms with E-state index in [0.29, 0.717) is 0 Å². The predicted molar refractivity (Wildman–Crippen MR) is 52.9 cm³/mol. The second kappa shape index (κ2) is 3.80. The molecule has 1 heterocycles. The van der Waals surface area contributed by atoms with Crippen LogP contribution in [-0.4, -0.2) is 29.2 Å². The molecular weight excluding hydrogens is 180 g/mol. The molecule has 0 amide bonds. The van der Waals surface area contributed by atoms with Crippen molar-refractivity contribution in [3.8, 4) is 0 Å². The van der Waals surface area contributed by atoms with Crippen LogP contribution in [0.1, 0.15) is 46.0 Å². The van der Waals surface area contributed by atoms with Crippen molar-refractivity contribution in [1.82, 2.24) is 0 Å². The molecule has 3 nitrogen and oxygen atoms in total. The fourth-order valence-corrected chi connectivity index (χ4v) is 2.64. The molecule has 0 bridgehead atoms. The highest BCUT2D eigenvalue weighted by Crippen LogP contribution is 2.39. The summed E-state index contributed by atoms with van der Waals surface area (Å²) in [6.07, 6.45) is 4.70. The summed E-state index contributed by atoms with van der Waals surface area (Å²) in [4.78, 5) is 0. The maximum absolute atomic E-state index is 9.97. The Kier molecular flexibility index (Phi) is 2.82. The minimum Gasteiger partial charge on any atom is -0.388 e. The summed E-state index contributed by atoms with van der Waals surface area (Å²) in [7, 11) is 0. The van der Waals surface area contributed by atoms with Crippen LogP contribution in [0.25, 0.3) is 0 Å². The predicted octanol–water partition coefficient (Wildman–Crippen LogP) is 1.83. The summed E-state index contributed by atoms with van der Waals surface area (Å²) < 4.78 is 11.7. The van der Waals surface area contributed by atoms with E-state index < -0.39 is 11.9 Å². The second-order valence-corrected chi connectivity index (χ2v) is 4.67. The van der Waals surface area contributed by atoms with Gasteiger partial charge < -0.3 is 14.6 Å². The van der Waals surface area contributed by atoms with Crippen molar-refractivity contribution < 1.29 is 14.6 Å². The van der Waals surface area contributed by atoms with Crippen LogP contribution >= 0.6 is 0 Å². The van der Waals surface area contributed by atoms with Gasteiger partial charge in [0, 0.05) is 6.42 Å². The molecule has 4 atom stereocenters. The quantitative estimate of drug-likeness (QED) is 0.648. The van der Waals surface area contributed by atoms with E-state index in [-0.39, 0.29) is 12.2 Å². The second-order valence-electron chi connectivity index (χ2n) is 4.67. The first-order valence-electron chi connectivity index (χ1n) is 5.66. The Morgan fingerprint density at radius 3 is 2.36 bits per heavy atom. The third kappa shape index (κ3) is 1.81. The summed E-state index contributed by atoms with van der Waals surface area (Å²) in [5, 5.41) is 9.97. The Hall–Kier alpha value is -0.120. The van der Waals surface area contributed by atoms with Gasteiger partial charge >= 0.3 is 0 Å². The largest absolute Gasteiger partial charge is 0.388 e. The van der Waals surface area contributed by atoms with Crippen LogP contribution in [0.2, 0.25) is 0 Å². The molecule has 1 spiro atoms.